The average Bonchev–Trinajstić information content (AvgIpc) is 3.20. The molecular formula is C25H29F3N6O2S. The molecule has 1 fully saturated rings. The summed E-state index contributed by atoms with van der Waals surface area (Å²) in [5.41, 5.74) is 0.294. The van der Waals surface area contributed by atoms with E-state index in [1.807, 2.05) is 0 Å². The molecule has 12 heteroatoms. The van der Waals surface area contributed by atoms with Crippen molar-refractivity contribution in [3.63, 3.8) is 0 Å². The van der Waals surface area contributed by atoms with Crippen LogP contribution in [-0.2, 0) is 11.4 Å². The number of hydrogen-bond donors (Lipinski definition) is 3. The van der Waals surface area contributed by atoms with Crippen molar-refractivity contribution in [1.82, 2.24) is 19.5 Å². The van der Waals surface area contributed by atoms with E-state index in [9.17, 15) is 27.8 Å². The molecule has 1 aliphatic carbocycles. The summed E-state index contributed by atoms with van der Waals surface area (Å²) in [6.07, 6.45) is 0.157. The Morgan fingerprint density at radius 3 is 2.65 bits per heavy atom. The number of nitrogens with one attached hydrogen (secondary N) is 3. The average molecular weight is 535 g/mol. The van der Waals surface area contributed by atoms with Crippen molar-refractivity contribution in [3.05, 3.63) is 52.4 Å². The summed E-state index contributed by atoms with van der Waals surface area (Å²) in [6.45, 7) is 4.76. The van der Waals surface area contributed by atoms with Crippen LogP contribution in [0.1, 0.15) is 64.1 Å². The van der Waals surface area contributed by atoms with Gasteiger partial charge in [-0.3, -0.25) is 9.48 Å². The van der Waals surface area contributed by atoms with E-state index < -0.39 is 33.9 Å². The standard InChI is InChI=1S/C25H29F3N6O2S/c1-24(2,3)37(36)33-21(25(26,27)28)15-8-6-9-17(13-15)31-22-20-19(11-12-30-23(20)35)34(32-22)18-10-5-4-7-16(18)14-29/h6,8-9,11-13,16,18,21,33H,4-5,7,10H2,1-3H3,(H,30,35)(H,31,32)/t16-,18+,21+,37-/m1/s1. The van der Waals surface area contributed by atoms with E-state index in [1.165, 1.54) is 24.4 Å². The van der Waals surface area contributed by atoms with Crippen LogP contribution in [0, 0.1) is 17.2 Å². The highest BCUT2D eigenvalue weighted by molar-refractivity contribution is 7.90. The number of anilines is 2. The van der Waals surface area contributed by atoms with Gasteiger partial charge in [0.1, 0.15) is 10.1 Å². The molecule has 1 saturated carbocycles. The summed E-state index contributed by atoms with van der Waals surface area (Å²) in [7, 11) is 0. The predicted octanol–water partition coefficient (Wildman–Crippen LogP) is 5.38. The monoisotopic (exact) mass is 534 g/mol. The van der Waals surface area contributed by atoms with Crippen LogP contribution >= 0.6 is 0 Å². The number of pyridine rings is 1. The van der Waals surface area contributed by atoms with E-state index >= 15 is 0 Å². The number of hydrogen-bond acceptors (Lipinski definition) is 6. The van der Waals surface area contributed by atoms with Crippen LogP contribution in [0.5, 0.6) is 0 Å². The molecular weight excluding hydrogens is 505 g/mol. The van der Waals surface area contributed by atoms with Gasteiger partial charge in [0.05, 0.1) is 23.5 Å². The summed E-state index contributed by atoms with van der Waals surface area (Å²) in [5.74, 6) is -0.0688. The fraction of sp³-hybridized carbons (Fsp3) is 0.480. The molecule has 2 heterocycles. The minimum Gasteiger partial charge on any atom is -0.598 e. The van der Waals surface area contributed by atoms with Gasteiger partial charge >= 0.3 is 6.18 Å². The maximum atomic E-state index is 13.9. The quantitative estimate of drug-likeness (QED) is 0.365. The third kappa shape index (κ3) is 5.79. The first-order chi connectivity index (χ1) is 17.4. The van der Waals surface area contributed by atoms with Gasteiger partial charge in [0.2, 0.25) is 0 Å². The molecule has 0 bridgehead atoms. The Morgan fingerprint density at radius 2 is 1.97 bits per heavy atom. The van der Waals surface area contributed by atoms with Gasteiger partial charge in [-0.2, -0.15) is 23.5 Å². The predicted molar refractivity (Wildman–Crippen MR) is 137 cm³/mol. The Kier molecular flexibility index (Phi) is 7.60. The molecule has 0 saturated heterocycles. The van der Waals surface area contributed by atoms with Crippen molar-refractivity contribution in [2.45, 2.75) is 69.5 Å². The highest BCUT2D eigenvalue weighted by Crippen LogP contribution is 2.38. The highest BCUT2D eigenvalue weighted by atomic mass is 32.2. The summed E-state index contributed by atoms with van der Waals surface area (Å²) in [4.78, 5) is 15.4. The number of benzene rings is 1. The van der Waals surface area contributed by atoms with Crippen molar-refractivity contribution in [2.75, 3.05) is 5.32 Å². The van der Waals surface area contributed by atoms with Gasteiger partial charge in [-0.1, -0.05) is 25.0 Å². The minimum atomic E-state index is -4.70. The molecule has 4 rings (SSSR count). The van der Waals surface area contributed by atoms with Crippen LogP contribution in [0.2, 0.25) is 0 Å². The Bertz CT molecular complexity index is 1360. The zero-order valence-corrected chi connectivity index (χ0v) is 21.5. The minimum absolute atomic E-state index is 0.135. The van der Waals surface area contributed by atoms with Crippen molar-refractivity contribution < 1.29 is 17.7 Å². The fourth-order valence-corrected chi connectivity index (χ4v) is 5.37. The number of H-pyrrole nitrogens is 1. The van der Waals surface area contributed by atoms with Crippen molar-refractivity contribution in [3.8, 4) is 6.07 Å². The maximum Gasteiger partial charge on any atom is 0.412 e. The third-order valence-corrected chi connectivity index (χ3v) is 7.99. The lowest BCUT2D eigenvalue weighted by Gasteiger charge is -2.29. The molecule has 0 aliphatic heterocycles. The topological polar surface area (TPSA) is 122 Å². The summed E-state index contributed by atoms with van der Waals surface area (Å²) in [5, 5.41) is 17.5. The van der Waals surface area contributed by atoms with E-state index in [0.717, 1.165) is 25.7 Å². The molecule has 0 radical (unpaired) electrons. The van der Waals surface area contributed by atoms with Crippen LogP contribution < -0.4 is 15.6 Å². The van der Waals surface area contributed by atoms with Crippen molar-refractivity contribution in [2.24, 2.45) is 5.92 Å². The van der Waals surface area contributed by atoms with E-state index in [0.29, 0.717) is 5.52 Å². The van der Waals surface area contributed by atoms with Crippen LogP contribution in [0.15, 0.2) is 41.3 Å². The number of rotatable bonds is 6. The Hall–Kier alpha value is -3.01. The molecule has 4 atom stereocenters. The second-order valence-corrected chi connectivity index (χ2v) is 12.2. The normalized spacial score (nSPS) is 20.4. The van der Waals surface area contributed by atoms with Crippen molar-refractivity contribution in [1.29, 1.82) is 5.26 Å². The Balaban J connectivity index is 1.72. The van der Waals surface area contributed by atoms with E-state index in [4.69, 9.17) is 0 Å². The second-order valence-electron chi connectivity index (χ2n) is 10.2. The Labute approximate surface area is 215 Å². The lowest BCUT2D eigenvalue weighted by Crippen LogP contribution is -2.45. The van der Waals surface area contributed by atoms with Gasteiger partial charge in [0.15, 0.2) is 11.9 Å². The number of alkyl halides is 3. The fourth-order valence-electron chi connectivity index (χ4n) is 4.53. The van der Waals surface area contributed by atoms with Crippen LogP contribution in [-0.4, -0.2) is 30.2 Å². The molecule has 198 valence electrons. The van der Waals surface area contributed by atoms with Crippen molar-refractivity contribution >= 4 is 33.8 Å². The van der Waals surface area contributed by atoms with Gasteiger partial charge in [-0.15, -0.1) is 4.72 Å². The summed E-state index contributed by atoms with van der Waals surface area (Å²) >= 11 is -1.96. The molecule has 1 aliphatic rings. The molecule has 0 spiro atoms. The number of aromatic nitrogens is 3. The van der Waals surface area contributed by atoms with E-state index in [-0.39, 0.29) is 34.4 Å². The number of aromatic amines is 1. The zero-order valence-electron chi connectivity index (χ0n) is 20.7. The lowest BCUT2D eigenvalue weighted by molar-refractivity contribution is -0.153. The molecule has 2 aromatic heterocycles. The molecule has 3 aromatic rings. The summed E-state index contributed by atoms with van der Waals surface area (Å²) < 4.78 is 57.3. The van der Waals surface area contributed by atoms with Gasteiger partial charge in [0.25, 0.3) is 5.56 Å². The van der Waals surface area contributed by atoms with E-state index in [1.54, 1.807) is 37.6 Å². The Morgan fingerprint density at radius 1 is 1.24 bits per heavy atom. The van der Waals surface area contributed by atoms with Gasteiger partial charge in [0, 0.05) is 23.2 Å². The zero-order chi connectivity index (χ0) is 27.0. The van der Waals surface area contributed by atoms with Gasteiger partial charge < -0.3 is 14.9 Å². The van der Waals surface area contributed by atoms with Crippen LogP contribution in [0.3, 0.4) is 0 Å². The molecule has 1 aromatic carbocycles. The number of nitrogens with zero attached hydrogens (tertiary/aromatic N) is 3. The molecule has 37 heavy (non-hydrogen) atoms. The molecule has 3 N–H and O–H groups in total. The largest absolute Gasteiger partial charge is 0.598 e. The van der Waals surface area contributed by atoms with E-state index in [2.05, 4.69) is 26.2 Å². The first kappa shape index (κ1) is 27.0. The first-order valence-corrected chi connectivity index (χ1v) is 13.2. The van der Waals surface area contributed by atoms with Gasteiger partial charge in [-0.25, -0.2) is 0 Å². The van der Waals surface area contributed by atoms with Gasteiger partial charge in [-0.05, 0) is 57.4 Å². The lowest BCUT2D eigenvalue weighted by atomic mass is 9.85. The SMILES string of the molecule is CC(C)(C)[S@@+]([O-])N[C@@H](c1cccc(Nc2nn([C@H]3CCCC[C@@H]3C#N)c3cc[nH]c(=O)c23)c1)C(F)(F)F. The van der Waals surface area contributed by atoms with Crippen LogP contribution in [0.4, 0.5) is 24.7 Å². The summed E-state index contributed by atoms with van der Waals surface area (Å²) in [6, 6.07) is 7.30. The number of fused-ring (bicyclic) bond motifs is 1. The second kappa shape index (κ2) is 10.4. The molecule has 0 unspecified atom stereocenters. The highest BCUT2D eigenvalue weighted by Gasteiger charge is 2.45. The maximum absolute atomic E-state index is 13.9. The first-order valence-electron chi connectivity index (χ1n) is 12.0. The smallest absolute Gasteiger partial charge is 0.412 e. The number of nitriles is 1. The third-order valence-electron chi connectivity index (χ3n) is 6.43. The molecule has 0 amide bonds. The number of halogens is 3. The van der Waals surface area contributed by atoms with Crippen LogP contribution in [0.25, 0.3) is 10.9 Å². The molecule has 8 nitrogen and oxygen atoms in total.